The van der Waals surface area contributed by atoms with Crippen LogP contribution in [-0.2, 0) is 4.74 Å². The van der Waals surface area contributed by atoms with E-state index in [4.69, 9.17) is 4.74 Å². The van der Waals surface area contributed by atoms with E-state index in [2.05, 4.69) is 62.7 Å². The van der Waals surface area contributed by atoms with E-state index in [1.807, 2.05) is 11.8 Å². The summed E-state index contributed by atoms with van der Waals surface area (Å²) in [6.45, 7) is 4.48. The number of hydrogen-bond donors (Lipinski definition) is 2. The summed E-state index contributed by atoms with van der Waals surface area (Å²) in [6.07, 6.45) is 0. The van der Waals surface area contributed by atoms with Crippen LogP contribution in [0.3, 0.4) is 0 Å². The maximum atomic E-state index is 5.00. The van der Waals surface area contributed by atoms with Gasteiger partial charge in [-0.3, -0.25) is 4.99 Å². The molecule has 0 heterocycles. The Morgan fingerprint density at radius 1 is 1.33 bits per heavy atom. The van der Waals surface area contributed by atoms with Crippen molar-refractivity contribution in [2.24, 2.45) is 4.99 Å². The van der Waals surface area contributed by atoms with E-state index in [1.54, 1.807) is 14.2 Å². The van der Waals surface area contributed by atoms with E-state index in [0.29, 0.717) is 11.9 Å². The van der Waals surface area contributed by atoms with Crippen LogP contribution in [0.15, 0.2) is 38.6 Å². The molecule has 0 aromatic heterocycles. The van der Waals surface area contributed by atoms with Crippen molar-refractivity contribution in [3.05, 3.63) is 28.7 Å². The number of methoxy groups -OCH3 is 1. The van der Waals surface area contributed by atoms with E-state index in [1.165, 1.54) is 4.90 Å². The van der Waals surface area contributed by atoms with Crippen molar-refractivity contribution >= 4 is 57.6 Å². The zero-order chi connectivity index (χ0) is 14.8. The maximum absolute atomic E-state index is 5.00. The van der Waals surface area contributed by atoms with Crippen LogP contribution in [0, 0.1) is 0 Å². The summed E-state index contributed by atoms with van der Waals surface area (Å²) in [4.78, 5) is 5.44. The molecule has 1 atom stereocenters. The van der Waals surface area contributed by atoms with Crippen LogP contribution < -0.4 is 10.6 Å². The van der Waals surface area contributed by atoms with Crippen LogP contribution >= 0.6 is 51.7 Å². The molecule has 4 nitrogen and oxygen atoms in total. The Balaban J connectivity index is 0.00000400. The second-order valence-corrected chi connectivity index (χ2v) is 6.68. The highest BCUT2D eigenvalue weighted by molar-refractivity contribution is 14.0. The third-order valence-electron chi connectivity index (χ3n) is 2.53. The topological polar surface area (TPSA) is 45.7 Å². The van der Waals surface area contributed by atoms with Gasteiger partial charge in [0, 0.05) is 41.9 Å². The standard InChI is InChI=1S/C14H22BrN3OS.HI/c1-11(20-13-6-4-12(15)5-7-13)10-18-14(16-2)17-8-9-19-3;/h4-7,11H,8-10H2,1-3H3,(H2,16,17,18);1H. The van der Waals surface area contributed by atoms with Crippen molar-refractivity contribution < 1.29 is 4.74 Å². The van der Waals surface area contributed by atoms with Gasteiger partial charge in [0.2, 0.25) is 0 Å². The number of nitrogens with one attached hydrogen (secondary N) is 2. The number of rotatable bonds is 7. The normalized spacial score (nSPS) is 12.5. The van der Waals surface area contributed by atoms with Gasteiger partial charge in [-0.25, -0.2) is 0 Å². The smallest absolute Gasteiger partial charge is 0.191 e. The molecule has 1 aromatic carbocycles. The number of nitrogens with zero attached hydrogens (tertiary/aromatic N) is 1. The zero-order valence-corrected chi connectivity index (χ0v) is 17.3. The van der Waals surface area contributed by atoms with Crippen molar-refractivity contribution in [2.75, 3.05) is 33.9 Å². The van der Waals surface area contributed by atoms with Gasteiger partial charge in [-0.05, 0) is 24.3 Å². The fourth-order valence-corrected chi connectivity index (χ4v) is 2.71. The Labute approximate surface area is 157 Å². The first kappa shape index (κ1) is 21.0. The minimum Gasteiger partial charge on any atom is -0.383 e. The lowest BCUT2D eigenvalue weighted by Gasteiger charge is -2.15. The van der Waals surface area contributed by atoms with Crippen LogP contribution in [0.2, 0.25) is 0 Å². The number of aliphatic imine (C=N–C) groups is 1. The molecule has 1 aromatic rings. The predicted octanol–water partition coefficient (Wildman–Crippen LogP) is 3.36. The zero-order valence-electron chi connectivity index (χ0n) is 12.6. The number of halogens is 2. The molecule has 2 N–H and O–H groups in total. The van der Waals surface area contributed by atoms with Gasteiger partial charge in [-0.1, -0.05) is 22.9 Å². The quantitative estimate of drug-likeness (QED) is 0.203. The molecule has 7 heteroatoms. The average Bonchev–Trinajstić information content (AvgIpc) is 2.45. The van der Waals surface area contributed by atoms with Crippen molar-refractivity contribution in [3.63, 3.8) is 0 Å². The van der Waals surface area contributed by atoms with Gasteiger partial charge in [-0.2, -0.15) is 0 Å². The molecule has 0 spiro atoms. The molecule has 0 fully saturated rings. The highest BCUT2D eigenvalue weighted by atomic mass is 127. The molecular formula is C14H23BrIN3OS. The first-order chi connectivity index (χ1) is 9.65. The minimum absolute atomic E-state index is 0. The van der Waals surface area contributed by atoms with Crippen molar-refractivity contribution in [2.45, 2.75) is 17.1 Å². The van der Waals surface area contributed by atoms with Crippen molar-refractivity contribution in [1.82, 2.24) is 10.6 Å². The molecule has 0 aliphatic heterocycles. The fourth-order valence-electron chi connectivity index (χ4n) is 1.52. The highest BCUT2D eigenvalue weighted by Crippen LogP contribution is 2.24. The Morgan fingerprint density at radius 2 is 2.00 bits per heavy atom. The summed E-state index contributed by atoms with van der Waals surface area (Å²) in [5, 5.41) is 6.96. The Morgan fingerprint density at radius 3 is 2.57 bits per heavy atom. The predicted molar refractivity (Wildman–Crippen MR) is 106 cm³/mol. The monoisotopic (exact) mass is 487 g/mol. The summed E-state index contributed by atoms with van der Waals surface area (Å²) in [5.41, 5.74) is 0. The third kappa shape index (κ3) is 9.59. The van der Waals surface area contributed by atoms with Gasteiger partial charge < -0.3 is 15.4 Å². The Bertz CT molecular complexity index is 417. The molecule has 0 amide bonds. The average molecular weight is 488 g/mol. The van der Waals surface area contributed by atoms with Crippen LogP contribution in [0.1, 0.15) is 6.92 Å². The van der Waals surface area contributed by atoms with E-state index in [9.17, 15) is 0 Å². The lowest BCUT2D eigenvalue weighted by atomic mass is 10.4. The SMILES string of the molecule is CN=C(NCCOC)NCC(C)Sc1ccc(Br)cc1.I. The third-order valence-corrected chi connectivity index (χ3v) is 4.17. The lowest BCUT2D eigenvalue weighted by molar-refractivity contribution is 0.203. The molecule has 21 heavy (non-hydrogen) atoms. The van der Waals surface area contributed by atoms with Crippen LogP contribution in [0.4, 0.5) is 0 Å². The van der Waals surface area contributed by atoms with E-state index in [-0.39, 0.29) is 24.0 Å². The molecule has 0 saturated carbocycles. The van der Waals surface area contributed by atoms with E-state index in [0.717, 1.165) is 23.5 Å². The number of guanidine groups is 1. The molecular weight excluding hydrogens is 465 g/mol. The second kappa shape index (κ2) is 12.5. The number of benzene rings is 1. The van der Waals surface area contributed by atoms with E-state index >= 15 is 0 Å². The maximum Gasteiger partial charge on any atom is 0.191 e. The number of ether oxygens (including phenoxy) is 1. The summed E-state index contributed by atoms with van der Waals surface area (Å²) >= 11 is 5.29. The molecule has 0 aliphatic carbocycles. The highest BCUT2D eigenvalue weighted by Gasteiger charge is 2.05. The van der Waals surface area contributed by atoms with Crippen LogP contribution in [-0.4, -0.2) is 45.1 Å². The molecule has 0 radical (unpaired) electrons. The lowest BCUT2D eigenvalue weighted by Crippen LogP contribution is -2.41. The Kier molecular flexibility index (Phi) is 12.5. The first-order valence-electron chi connectivity index (χ1n) is 6.51. The largest absolute Gasteiger partial charge is 0.383 e. The van der Waals surface area contributed by atoms with Crippen molar-refractivity contribution in [1.29, 1.82) is 0 Å². The first-order valence-corrected chi connectivity index (χ1v) is 8.18. The molecule has 0 saturated heterocycles. The second-order valence-electron chi connectivity index (χ2n) is 4.26. The van der Waals surface area contributed by atoms with Crippen molar-refractivity contribution in [3.8, 4) is 0 Å². The number of hydrogen-bond acceptors (Lipinski definition) is 3. The Hall–Kier alpha value is 0.01000. The van der Waals surface area contributed by atoms with Gasteiger partial charge in [0.25, 0.3) is 0 Å². The summed E-state index contributed by atoms with van der Waals surface area (Å²) in [6, 6.07) is 8.37. The summed E-state index contributed by atoms with van der Waals surface area (Å²) in [5.74, 6) is 0.810. The fraction of sp³-hybridized carbons (Fsp3) is 0.500. The van der Waals surface area contributed by atoms with Gasteiger partial charge in [-0.15, -0.1) is 35.7 Å². The molecule has 1 unspecified atom stereocenters. The number of thioether (sulfide) groups is 1. The molecule has 0 bridgehead atoms. The molecule has 1 rings (SSSR count). The summed E-state index contributed by atoms with van der Waals surface area (Å²) in [7, 11) is 3.46. The van der Waals surface area contributed by atoms with Gasteiger partial charge in [0.1, 0.15) is 0 Å². The van der Waals surface area contributed by atoms with Crippen LogP contribution in [0.5, 0.6) is 0 Å². The molecule has 120 valence electrons. The summed E-state index contributed by atoms with van der Waals surface area (Å²) < 4.78 is 6.10. The van der Waals surface area contributed by atoms with Gasteiger partial charge >= 0.3 is 0 Å². The van der Waals surface area contributed by atoms with E-state index < -0.39 is 0 Å². The van der Waals surface area contributed by atoms with Gasteiger partial charge in [0.15, 0.2) is 5.96 Å². The van der Waals surface area contributed by atoms with Gasteiger partial charge in [0.05, 0.1) is 6.61 Å². The van der Waals surface area contributed by atoms with Crippen LogP contribution in [0.25, 0.3) is 0 Å². The molecule has 0 aliphatic rings. The minimum atomic E-state index is 0.